The molecule has 1 fully saturated rings. The normalized spacial score (nSPS) is 15.5. The zero-order chi connectivity index (χ0) is 11.4. The monoisotopic (exact) mass is 237 g/mol. The van der Waals surface area contributed by atoms with E-state index >= 15 is 0 Å². The average molecular weight is 237 g/mol. The lowest BCUT2D eigenvalue weighted by atomic mass is 9.83. The molecule has 1 aromatic heterocycles. The van der Waals surface area contributed by atoms with Gasteiger partial charge in [-0.05, 0) is 12.3 Å². The summed E-state index contributed by atoms with van der Waals surface area (Å²) in [5.74, 6) is 1.39. The summed E-state index contributed by atoms with van der Waals surface area (Å²) < 4.78 is 5.49. The first-order chi connectivity index (χ1) is 7.75. The quantitative estimate of drug-likeness (QED) is 0.789. The molecule has 0 aliphatic heterocycles. The minimum Gasteiger partial charge on any atom is -0.477 e. The standard InChI is InChI=1S/C11H15N3OS/c12-11(16)9-6-14-10(7-13-9)15-5-4-8-2-1-3-8/h6-8H,1-5H2,(H2,12,16). The lowest BCUT2D eigenvalue weighted by Crippen LogP contribution is -2.15. The molecule has 0 radical (unpaired) electrons. The summed E-state index contributed by atoms with van der Waals surface area (Å²) in [5, 5.41) is 0. The summed E-state index contributed by atoms with van der Waals surface area (Å²) in [6.45, 7) is 0.714. The van der Waals surface area contributed by atoms with Crippen molar-refractivity contribution in [2.45, 2.75) is 25.7 Å². The summed E-state index contributed by atoms with van der Waals surface area (Å²) in [4.78, 5) is 8.40. The van der Waals surface area contributed by atoms with Crippen LogP contribution < -0.4 is 10.5 Å². The molecule has 0 saturated heterocycles. The van der Waals surface area contributed by atoms with Crippen molar-refractivity contribution in [2.24, 2.45) is 11.7 Å². The molecule has 5 heteroatoms. The van der Waals surface area contributed by atoms with Crippen molar-refractivity contribution in [1.29, 1.82) is 0 Å². The van der Waals surface area contributed by atoms with Crippen LogP contribution in [-0.4, -0.2) is 21.6 Å². The van der Waals surface area contributed by atoms with Gasteiger partial charge in [0.15, 0.2) is 0 Å². The Morgan fingerprint density at radius 2 is 2.25 bits per heavy atom. The van der Waals surface area contributed by atoms with Gasteiger partial charge in [-0.15, -0.1) is 0 Å². The van der Waals surface area contributed by atoms with Crippen molar-refractivity contribution in [3.05, 3.63) is 18.1 Å². The summed E-state index contributed by atoms with van der Waals surface area (Å²) in [7, 11) is 0. The maximum atomic E-state index is 5.49. The van der Waals surface area contributed by atoms with Crippen LogP contribution in [0.2, 0.25) is 0 Å². The van der Waals surface area contributed by atoms with Crippen molar-refractivity contribution < 1.29 is 4.74 Å². The van der Waals surface area contributed by atoms with Crippen LogP contribution in [0.15, 0.2) is 12.4 Å². The van der Waals surface area contributed by atoms with Crippen LogP contribution in [-0.2, 0) is 0 Å². The Labute approximate surface area is 100 Å². The van der Waals surface area contributed by atoms with Crippen molar-refractivity contribution in [2.75, 3.05) is 6.61 Å². The fourth-order valence-electron chi connectivity index (χ4n) is 1.63. The maximum absolute atomic E-state index is 5.49. The van der Waals surface area contributed by atoms with Gasteiger partial charge in [-0.25, -0.2) is 9.97 Å². The molecular formula is C11H15N3OS. The van der Waals surface area contributed by atoms with Crippen LogP contribution in [0.4, 0.5) is 0 Å². The van der Waals surface area contributed by atoms with Crippen LogP contribution >= 0.6 is 12.2 Å². The average Bonchev–Trinajstić information content (AvgIpc) is 2.22. The number of nitrogens with zero attached hydrogens (tertiary/aromatic N) is 2. The van der Waals surface area contributed by atoms with E-state index in [2.05, 4.69) is 9.97 Å². The molecule has 0 atom stereocenters. The van der Waals surface area contributed by atoms with Crippen LogP contribution in [0.1, 0.15) is 31.4 Å². The van der Waals surface area contributed by atoms with Crippen LogP contribution in [0.3, 0.4) is 0 Å². The molecule has 0 spiro atoms. The van der Waals surface area contributed by atoms with Crippen molar-refractivity contribution in [3.8, 4) is 5.88 Å². The van der Waals surface area contributed by atoms with Gasteiger partial charge in [-0.1, -0.05) is 31.5 Å². The van der Waals surface area contributed by atoms with Gasteiger partial charge in [-0.2, -0.15) is 0 Å². The smallest absolute Gasteiger partial charge is 0.232 e. The first-order valence-electron chi connectivity index (χ1n) is 5.50. The van der Waals surface area contributed by atoms with Gasteiger partial charge in [-0.3, -0.25) is 0 Å². The Balaban J connectivity index is 1.78. The van der Waals surface area contributed by atoms with Crippen LogP contribution in [0, 0.1) is 5.92 Å². The first kappa shape index (κ1) is 11.3. The number of hydrogen-bond donors (Lipinski definition) is 1. The minimum absolute atomic E-state index is 0.258. The largest absolute Gasteiger partial charge is 0.477 e. The summed E-state index contributed by atoms with van der Waals surface area (Å²) >= 11 is 4.78. The number of thiocarbonyl (C=S) groups is 1. The molecule has 0 amide bonds. The van der Waals surface area contributed by atoms with Crippen molar-refractivity contribution in [1.82, 2.24) is 9.97 Å². The predicted molar refractivity (Wildman–Crippen MR) is 65.4 cm³/mol. The van der Waals surface area contributed by atoms with E-state index in [-0.39, 0.29) is 4.99 Å². The van der Waals surface area contributed by atoms with E-state index in [1.165, 1.54) is 19.3 Å². The number of rotatable bonds is 5. The molecule has 1 aliphatic rings. The lowest BCUT2D eigenvalue weighted by Gasteiger charge is -2.24. The van der Waals surface area contributed by atoms with Crippen LogP contribution in [0.25, 0.3) is 0 Å². The third kappa shape index (κ3) is 2.88. The van der Waals surface area contributed by atoms with E-state index < -0.39 is 0 Å². The van der Waals surface area contributed by atoms with Gasteiger partial charge in [0.1, 0.15) is 10.7 Å². The van der Waals surface area contributed by atoms with Gasteiger partial charge in [0.05, 0.1) is 19.0 Å². The second kappa shape index (κ2) is 5.21. The molecule has 4 nitrogen and oxygen atoms in total. The Morgan fingerprint density at radius 3 is 2.75 bits per heavy atom. The van der Waals surface area contributed by atoms with E-state index in [1.807, 2.05) is 0 Å². The van der Waals surface area contributed by atoms with Gasteiger partial charge in [0, 0.05) is 0 Å². The molecule has 1 heterocycles. The van der Waals surface area contributed by atoms with E-state index in [0.29, 0.717) is 18.2 Å². The molecule has 16 heavy (non-hydrogen) atoms. The topological polar surface area (TPSA) is 61.0 Å². The Bertz CT molecular complexity index is 362. The molecule has 0 unspecified atom stereocenters. The molecule has 1 aliphatic carbocycles. The third-order valence-electron chi connectivity index (χ3n) is 2.88. The fourth-order valence-corrected chi connectivity index (χ4v) is 1.74. The molecule has 0 bridgehead atoms. The molecule has 2 N–H and O–H groups in total. The summed E-state index contributed by atoms with van der Waals surface area (Å²) in [6, 6.07) is 0. The van der Waals surface area contributed by atoms with Gasteiger partial charge >= 0.3 is 0 Å². The molecule has 0 aromatic carbocycles. The second-order valence-electron chi connectivity index (χ2n) is 4.04. The lowest BCUT2D eigenvalue weighted by molar-refractivity contribution is 0.217. The number of ether oxygens (including phenoxy) is 1. The van der Waals surface area contributed by atoms with E-state index in [0.717, 1.165) is 12.3 Å². The highest BCUT2D eigenvalue weighted by Gasteiger charge is 2.16. The molecule has 1 saturated carbocycles. The predicted octanol–water partition coefficient (Wildman–Crippen LogP) is 1.68. The zero-order valence-electron chi connectivity index (χ0n) is 9.06. The highest BCUT2D eigenvalue weighted by Crippen LogP contribution is 2.29. The summed E-state index contributed by atoms with van der Waals surface area (Å²) in [6.07, 6.45) is 8.27. The second-order valence-corrected chi connectivity index (χ2v) is 4.48. The Hall–Kier alpha value is -1.23. The van der Waals surface area contributed by atoms with E-state index in [1.54, 1.807) is 12.4 Å². The molecular weight excluding hydrogens is 222 g/mol. The minimum atomic E-state index is 0.258. The zero-order valence-corrected chi connectivity index (χ0v) is 9.87. The van der Waals surface area contributed by atoms with Crippen LogP contribution in [0.5, 0.6) is 5.88 Å². The fraction of sp³-hybridized carbons (Fsp3) is 0.545. The van der Waals surface area contributed by atoms with E-state index in [4.69, 9.17) is 22.7 Å². The van der Waals surface area contributed by atoms with Gasteiger partial charge in [0.2, 0.25) is 5.88 Å². The highest BCUT2D eigenvalue weighted by molar-refractivity contribution is 7.80. The first-order valence-corrected chi connectivity index (χ1v) is 5.91. The summed E-state index contributed by atoms with van der Waals surface area (Å²) in [5.41, 5.74) is 5.95. The molecule has 1 aromatic rings. The Morgan fingerprint density at radius 1 is 1.44 bits per heavy atom. The van der Waals surface area contributed by atoms with Crippen molar-refractivity contribution in [3.63, 3.8) is 0 Å². The van der Waals surface area contributed by atoms with Gasteiger partial charge in [0.25, 0.3) is 0 Å². The Kier molecular flexibility index (Phi) is 3.66. The highest BCUT2D eigenvalue weighted by atomic mass is 32.1. The molecule has 2 rings (SSSR count). The SMILES string of the molecule is NC(=S)c1cnc(OCCC2CCC2)cn1. The number of hydrogen-bond acceptors (Lipinski definition) is 4. The maximum Gasteiger partial charge on any atom is 0.232 e. The van der Waals surface area contributed by atoms with Gasteiger partial charge < -0.3 is 10.5 Å². The van der Waals surface area contributed by atoms with E-state index in [9.17, 15) is 0 Å². The van der Waals surface area contributed by atoms with Crippen molar-refractivity contribution >= 4 is 17.2 Å². The third-order valence-corrected chi connectivity index (χ3v) is 3.09. The number of aromatic nitrogens is 2. The number of nitrogens with two attached hydrogens (primary N) is 1. The molecule has 86 valence electrons.